The molecule has 3 nitrogen and oxygen atoms in total. The van der Waals surface area contributed by atoms with E-state index >= 15 is 0 Å². The molecule has 80 valence electrons. The molecule has 0 heterocycles. The van der Waals surface area contributed by atoms with Crippen LogP contribution >= 0.6 is 0 Å². The molecule has 0 aliphatic carbocycles. The van der Waals surface area contributed by atoms with Crippen molar-refractivity contribution in [2.75, 3.05) is 47.4 Å². The summed E-state index contributed by atoms with van der Waals surface area (Å²) in [6.45, 7) is 7.48. The largest absolute Gasteiger partial charge is 0.396 e. The highest BCUT2D eigenvalue weighted by Gasteiger charge is 2.18. The molecule has 0 bridgehead atoms. The zero-order valence-electron chi connectivity index (χ0n) is 9.67. The Morgan fingerprint density at radius 3 is 2.00 bits per heavy atom. The first kappa shape index (κ1) is 12.9. The van der Waals surface area contributed by atoms with Crippen molar-refractivity contribution in [3.8, 4) is 0 Å². The second kappa shape index (κ2) is 5.58. The fraction of sp³-hybridized carbons (Fsp3) is 1.00. The maximum atomic E-state index is 9.08. The highest BCUT2D eigenvalue weighted by atomic mass is 16.3. The minimum absolute atomic E-state index is 0.0149. The van der Waals surface area contributed by atoms with Gasteiger partial charge in [-0.1, -0.05) is 13.8 Å². The molecule has 0 aliphatic rings. The molecule has 0 radical (unpaired) electrons. The number of rotatable bonds is 6. The minimum atomic E-state index is 0.0149. The molecule has 0 rings (SSSR count). The highest BCUT2D eigenvalue weighted by Crippen LogP contribution is 2.14. The third kappa shape index (κ3) is 6.99. The van der Waals surface area contributed by atoms with Crippen LogP contribution in [0.15, 0.2) is 0 Å². The highest BCUT2D eigenvalue weighted by molar-refractivity contribution is 4.71. The maximum Gasteiger partial charge on any atom is 0.0494 e. The first-order valence-electron chi connectivity index (χ1n) is 4.81. The monoisotopic (exact) mass is 188 g/mol. The van der Waals surface area contributed by atoms with Gasteiger partial charge in [-0.2, -0.15) is 0 Å². The Bertz CT molecular complexity index is 135. The van der Waals surface area contributed by atoms with Crippen LogP contribution in [0.4, 0.5) is 0 Å². The average molecular weight is 188 g/mol. The first-order valence-corrected chi connectivity index (χ1v) is 4.81. The van der Waals surface area contributed by atoms with Crippen LogP contribution in [0.5, 0.6) is 0 Å². The van der Waals surface area contributed by atoms with E-state index in [0.717, 1.165) is 19.6 Å². The van der Waals surface area contributed by atoms with Gasteiger partial charge in [-0.15, -0.1) is 0 Å². The predicted molar refractivity (Wildman–Crippen MR) is 56.9 cm³/mol. The van der Waals surface area contributed by atoms with Gasteiger partial charge in [0.15, 0.2) is 0 Å². The molecule has 13 heavy (non-hydrogen) atoms. The molecule has 0 aromatic carbocycles. The van der Waals surface area contributed by atoms with Crippen molar-refractivity contribution in [2.24, 2.45) is 5.41 Å². The van der Waals surface area contributed by atoms with Crippen molar-refractivity contribution in [2.45, 2.75) is 13.8 Å². The van der Waals surface area contributed by atoms with Crippen LogP contribution in [0.3, 0.4) is 0 Å². The summed E-state index contributed by atoms with van der Waals surface area (Å²) < 4.78 is 0. The van der Waals surface area contributed by atoms with E-state index in [1.807, 2.05) is 0 Å². The fourth-order valence-corrected chi connectivity index (χ4v) is 1.23. The van der Waals surface area contributed by atoms with Gasteiger partial charge in [0.1, 0.15) is 0 Å². The molecule has 0 amide bonds. The topological polar surface area (TPSA) is 26.7 Å². The van der Waals surface area contributed by atoms with Crippen LogP contribution in [0.1, 0.15) is 13.8 Å². The van der Waals surface area contributed by atoms with Gasteiger partial charge in [-0.05, 0) is 21.1 Å². The Kier molecular flexibility index (Phi) is 5.53. The average Bonchev–Trinajstić information content (AvgIpc) is 2.00. The lowest BCUT2D eigenvalue weighted by molar-refractivity contribution is 0.112. The van der Waals surface area contributed by atoms with Gasteiger partial charge < -0.3 is 14.9 Å². The third-order valence-electron chi connectivity index (χ3n) is 2.05. The third-order valence-corrected chi connectivity index (χ3v) is 2.05. The van der Waals surface area contributed by atoms with E-state index in [1.54, 1.807) is 0 Å². The van der Waals surface area contributed by atoms with E-state index in [9.17, 15) is 0 Å². The molecule has 0 fully saturated rings. The lowest BCUT2D eigenvalue weighted by Gasteiger charge is -2.29. The zero-order chi connectivity index (χ0) is 10.5. The molecule has 3 heteroatoms. The van der Waals surface area contributed by atoms with E-state index < -0.39 is 0 Å². The van der Waals surface area contributed by atoms with E-state index in [4.69, 9.17) is 5.11 Å². The van der Waals surface area contributed by atoms with Crippen LogP contribution in [-0.4, -0.2) is 62.3 Å². The van der Waals surface area contributed by atoms with E-state index in [0.29, 0.717) is 0 Å². The van der Waals surface area contributed by atoms with Gasteiger partial charge in [0.05, 0.1) is 0 Å². The van der Waals surface area contributed by atoms with Crippen LogP contribution in [-0.2, 0) is 0 Å². The lowest BCUT2D eigenvalue weighted by Crippen LogP contribution is -2.37. The van der Waals surface area contributed by atoms with E-state index in [1.165, 1.54) is 0 Å². The van der Waals surface area contributed by atoms with Gasteiger partial charge in [0, 0.05) is 31.7 Å². The van der Waals surface area contributed by atoms with Gasteiger partial charge in [0.25, 0.3) is 0 Å². The minimum Gasteiger partial charge on any atom is -0.396 e. The van der Waals surface area contributed by atoms with E-state index in [-0.39, 0.29) is 12.0 Å². The van der Waals surface area contributed by atoms with E-state index in [2.05, 4.69) is 44.8 Å². The summed E-state index contributed by atoms with van der Waals surface area (Å²) in [7, 11) is 6.25. The summed E-state index contributed by atoms with van der Waals surface area (Å²) in [5, 5.41) is 9.08. The Morgan fingerprint density at radius 2 is 1.62 bits per heavy atom. The van der Waals surface area contributed by atoms with Crippen LogP contribution in [0.25, 0.3) is 0 Å². The molecular weight excluding hydrogens is 164 g/mol. The van der Waals surface area contributed by atoms with Crippen molar-refractivity contribution >= 4 is 0 Å². The zero-order valence-corrected chi connectivity index (χ0v) is 9.67. The molecular formula is C10H24N2O. The predicted octanol–water partition coefficient (Wildman–Crippen LogP) is 0.498. The molecule has 0 spiro atoms. The van der Waals surface area contributed by atoms with Gasteiger partial charge >= 0.3 is 0 Å². The van der Waals surface area contributed by atoms with Crippen molar-refractivity contribution in [1.82, 2.24) is 9.80 Å². The molecule has 0 aromatic heterocycles. The van der Waals surface area contributed by atoms with Crippen molar-refractivity contribution in [3.63, 3.8) is 0 Å². The van der Waals surface area contributed by atoms with Gasteiger partial charge in [-0.25, -0.2) is 0 Å². The number of nitrogens with zero attached hydrogens (tertiary/aromatic N) is 2. The summed E-state index contributed by atoms with van der Waals surface area (Å²) >= 11 is 0. The Labute approximate surface area is 82.3 Å². The summed E-state index contributed by atoms with van der Waals surface area (Å²) in [4.78, 5) is 4.43. The Morgan fingerprint density at radius 1 is 1.08 bits per heavy atom. The number of hydrogen-bond donors (Lipinski definition) is 1. The Hall–Kier alpha value is -0.120. The summed E-state index contributed by atoms with van der Waals surface area (Å²) in [6.07, 6.45) is 0. The standard InChI is InChI=1S/C10H24N2O/c1-10(2,9-13)8-12(5)7-6-11(3)4/h13H,6-9H2,1-5H3. The van der Waals surface area contributed by atoms with Gasteiger partial charge in [0.2, 0.25) is 0 Å². The second-order valence-corrected chi connectivity index (χ2v) is 4.86. The molecule has 0 atom stereocenters. The fourth-order valence-electron chi connectivity index (χ4n) is 1.23. The quantitative estimate of drug-likeness (QED) is 0.657. The van der Waals surface area contributed by atoms with Crippen LogP contribution in [0.2, 0.25) is 0 Å². The summed E-state index contributed by atoms with van der Waals surface area (Å²) in [5.41, 5.74) is 0.0149. The molecule has 0 aromatic rings. The number of aliphatic hydroxyl groups is 1. The van der Waals surface area contributed by atoms with Gasteiger partial charge in [-0.3, -0.25) is 0 Å². The summed E-state index contributed by atoms with van der Waals surface area (Å²) in [5.74, 6) is 0. The Balaban J connectivity index is 3.67. The number of hydrogen-bond acceptors (Lipinski definition) is 3. The molecule has 0 saturated heterocycles. The number of aliphatic hydroxyl groups excluding tert-OH is 1. The molecule has 0 unspecified atom stereocenters. The van der Waals surface area contributed by atoms with Crippen LogP contribution in [0, 0.1) is 5.41 Å². The molecule has 0 aliphatic heterocycles. The number of likely N-dealkylation sites (N-methyl/N-ethyl adjacent to an activating group) is 2. The van der Waals surface area contributed by atoms with Crippen molar-refractivity contribution in [1.29, 1.82) is 0 Å². The normalized spacial score (nSPS) is 12.9. The first-order chi connectivity index (χ1) is 5.87. The second-order valence-electron chi connectivity index (χ2n) is 4.86. The van der Waals surface area contributed by atoms with Crippen molar-refractivity contribution < 1.29 is 5.11 Å². The lowest BCUT2D eigenvalue weighted by atomic mass is 9.94. The molecule has 0 saturated carbocycles. The smallest absolute Gasteiger partial charge is 0.0494 e. The van der Waals surface area contributed by atoms with Crippen molar-refractivity contribution in [3.05, 3.63) is 0 Å². The SMILES string of the molecule is CN(C)CCN(C)CC(C)(C)CO. The summed E-state index contributed by atoms with van der Waals surface area (Å²) in [6, 6.07) is 0. The molecule has 1 N–H and O–H groups in total. The maximum absolute atomic E-state index is 9.08. The van der Waals surface area contributed by atoms with Crippen LogP contribution < -0.4 is 0 Å².